The number of rotatable bonds is 4. The van der Waals surface area contributed by atoms with Crippen molar-refractivity contribution >= 4 is 11.7 Å². The van der Waals surface area contributed by atoms with Crippen molar-refractivity contribution in [3.05, 3.63) is 30.3 Å². The molecule has 0 heterocycles. The third-order valence-corrected chi connectivity index (χ3v) is 2.95. The van der Waals surface area contributed by atoms with E-state index in [0.717, 1.165) is 18.7 Å². The largest absolute Gasteiger partial charge is 0.481 e. The van der Waals surface area contributed by atoms with Crippen LogP contribution in [0.1, 0.15) is 6.42 Å². The smallest absolute Gasteiger partial charge is 0.306 e. The summed E-state index contributed by atoms with van der Waals surface area (Å²) in [5, 5.41) is 8.79. The molecule has 2 rings (SSSR count). The number of hydrogen-bond acceptors (Lipinski definition) is 2. The highest BCUT2D eigenvalue weighted by atomic mass is 16.4. The fourth-order valence-corrected chi connectivity index (χ4v) is 1.89. The molecule has 1 aliphatic carbocycles. The summed E-state index contributed by atoms with van der Waals surface area (Å²) in [4.78, 5) is 12.8. The fourth-order valence-electron chi connectivity index (χ4n) is 1.89. The maximum atomic E-state index is 10.7. The monoisotopic (exact) mass is 205 g/mol. The minimum atomic E-state index is -0.651. The van der Waals surface area contributed by atoms with Crippen LogP contribution < -0.4 is 4.90 Å². The summed E-state index contributed by atoms with van der Waals surface area (Å²) in [6, 6.07) is 10.0. The van der Waals surface area contributed by atoms with Crippen LogP contribution in [0.5, 0.6) is 0 Å². The van der Waals surface area contributed by atoms with Crippen molar-refractivity contribution < 1.29 is 9.90 Å². The van der Waals surface area contributed by atoms with Gasteiger partial charge in [0.1, 0.15) is 0 Å². The summed E-state index contributed by atoms with van der Waals surface area (Å²) in [6.07, 6.45) is 0.826. The van der Waals surface area contributed by atoms with Gasteiger partial charge in [-0.3, -0.25) is 4.79 Å². The molecule has 1 fully saturated rings. The number of para-hydroxylation sites is 1. The van der Waals surface area contributed by atoms with Crippen LogP contribution in [0.2, 0.25) is 0 Å². The zero-order valence-electron chi connectivity index (χ0n) is 8.76. The second kappa shape index (κ2) is 3.93. The molecule has 0 amide bonds. The Labute approximate surface area is 89.3 Å². The molecule has 2 atom stereocenters. The number of carbonyl (C=O) groups is 1. The van der Waals surface area contributed by atoms with Crippen molar-refractivity contribution in [2.24, 2.45) is 11.8 Å². The van der Waals surface area contributed by atoms with E-state index in [2.05, 4.69) is 4.90 Å². The van der Waals surface area contributed by atoms with Crippen LogP contribution in [0.3, 0.4) is 0 Å². The molecule has 0 spiro atoms. The van der Waals surface area contributed by atoms with Crippen molar-refractivity contribution in [2.45, 2.75) is 6.42 Å². The number of aliphatic carboxylic acids is 1. The summed E-state index contributed by atoms with van der Waals surface area (Å²) in [5.41, 5.74) is 1.15. The average Bonchev–Trinajstić information content (AvgIpc) is 2.98. The van der Waals surface area contributed by atoms with Gasteiger partial charge in [0, 0.05) is 19.3 Å². The zero-order valence-corrected chi connectivity index (χ0v) is 8.76. The summed E-state index contributed by atoms with van der Waals surface area (Å²) >= 11 is 0. The van der Waals surface area contributed by atoms with E-state index in [1.54, 1.807) is 0 Å². The Bertz CT molecular complexity index is 350. The van der Waals surface area contributed by atoms with Crippen LogP contribution in [0.15, 0.2) is 30.3 Å². The predicted molar refractivity (Wildman–Crippen MR) is 58.9 cm³/mol. The van der Waals surface area contributed by atoms with Gasteiger partial charge in [-0.2, -0.15) is 0 Å². The Morgan fingerprint density at radius 2 is 2.13 bits per heavy atom. The number of benzene rings is 1. The van der Waals surface area contributed by atoms with Gasteiger partial charge in [0.15, 0.2) is 0 Å². The van der Waals surface area contributed by atoms with Gasteiger partial charge < -0.3 is 10.0 Å². The maximum Gasteiger partial charge on any atom is 0.306 e. The Hall–Kier alpha value is -1.51. The van der Waals surface area contributed by atoms with Crippen molar-refractivity contribution in [3.63, 3.8) is 0 Å². The normalized spacial score (nSPS) is 23.5. The number of carboxylic acids is 1. The topological polar surface area (TPSA) is 40.5 Å². The van der Waals surface area contributed by atoms with Crippen LogP contribution in [0.25, 0.3) is 0 Å². The fraction of sp³-hybridized carbons (Fsp3) is 0.417. The van der Waals surface area contributed by atoms with Gasteiger partial charge in [0.05, 0.1) is 5.92 Å². The van der Waals surface area contributed by atoms with Crippen LogP contribution in [-0.4, -0.2) is 24.7 Å². The first-order valence-corrected chi connectivity index (χ1v) is 5.17. The van der Waals surface area contributed by atoms with Gasteiger partial charge in [-0.15, -0.1) is 0 Å². The molecule has 3 nitrogen and oxygen atoms in total. The summed E-state index contributed by atoms with van der Waals surface area (Å²) in [7, 11) is 2.01. The molecule has 1 aromatic carbocycles. The second-order valence-electron chi connectivity index (χ2n) is 4.16. The molecule has 0 bridgehead atoms. The summed E-state index contributed by atoms with van der Waals surface area (Å²) in [5.74, 6) is -0.440. The molecular formula is C12H15NO2. The van der Waals surface area contributed by atoms with Crippen molar-refractivity contribution in [1.29, 1.82) is 0 Å². The molecule has 0 saturated heterocycles. The van der Waals surface area contributed by atoms with E-state index in [0.29, 0.717) is 5.92 Å². The van der Waals surface area contributed by atoms with Crippen LogP contribution in [0, 0.1) is 11.8 Å². The van der Waals surface area contributed by atoms with Gasteiger partial charge in [0.2, 0.25) is 0 Å². The number of nitrogens with zero attached hydrogens (tertiary/aromatic N) is 1. The van der Waals surface area contributed by atoms with Crippen molar-refractivity contribution in [2.75, 3.05) is 18.5 Å². The number of hydrogen-bond donors (Lipinski definition) is 1. The highest BCUT2D eigenvalue weighted by Crippen LogP contribution is 2.39. The van der Waals surface area contributed by atoms with Gasteiger partial charge in [0.25, 0.3) is 0 Å². The minimum Gasteiger partial charge on any atom is -0.481 e. The highest BCUT2D eigenvalue weighted by Gasteiger charge is 2.43. The molecule has 15 heavy (non-hydrogen) atoms. The third kappa shape index (κ3) is 2.29. The quantitative estimate of drug-likeness (QED) is 0.815. The molecule has 1 saturated carbocycles. The lowest BCUT2D eigenvalue weighted by Crippen LogP contribution is -2.21. The van der Waals surface area contributed by atoms with Crippen molar-refractivity contribution in [1.82, 2.24) is 0 Å². The molecule has 0 radical (unpaired) electrons. The number of anilines is 1. The van der Waals surface area contributed by atoms with E-state index < -0.39 is 5.97 Å². The molecule has 0 aromatic heterocycles. The van der Waals surface area contributed by atoms with Crippen LogP contribution in [-0.2, 0) is 4.79 Å². The van der Waals surface area contributed by atoms with E-state index in [1.807, 2.05) is 37.4 Å². The second-order valence-corrected chi connectivity index (χ2v) is 4.16. The van der Waals surface area contributed by atoms with E-state index in [1.165, 1.54) is 0 Å². The lowest BCUT2D eigenvalue weighted by atomic mass is 10.2. The molecular weight excluding hydrogens is 190 g/mol. The van der Waals surface area contributed by atoms with E-state index in [4.69, 9.17) is 5.11 Å². The third-order valence-electron chi connectivity index (χ3n) is 2.95. The van der Waals surface area contributed by atoms with E-state index in [-0.39, 0.29) is 5.92 Å². The molecule has 2 unspecified atom stereocenters. The molecule has 0 aliphatic heterocycles. The Kier molecular flexibility index (Phi) is 2.62. The molecule has 1 aliphatic rings. The standard InChI is InChI=1S/C12H15NO2/c1-13(10-5-3-2-4-6-10)8-9-7-11(9)12(14)15/h2-6,9,11H,7-8H2,1H3,(H,14,15). The van der Waals surface area contributed by atoms with E-state index in [9.17, 15) is 4.79 Å². The maximum absolute atomic E-state index is 10.7. The summed E-state index contributed by atoms with van der Waals surface area (Å²) in [6.45, 7) is 0.834. The van der Waals surface area contributed by atoms with Crippen LogP contribution >= 0.6 is 0 Å². The Balaban J connectivity index is 1.89. The molecule has 3 heteroatoms. The first-order valence-electron chi connectivity index (χ1n) is 5.17. The lowest BCUT2D eigenvalue weighted by Gasteiger charge is -2.18. The Morgan fingerprint density at radius 3 is 2.67 bits per heavy atom. The van der Waals surface area contributed by atoms with Gasteiger partial charge >= 0.3 is 5.97 Å². The molecule has 80 valence electrons. The van der Waals surface area contributed by atoms with Crippen molar-refractivity contribution in [3.8, 4) is 0 Å². The molecule has 1 aromatic rings. The predicted octanol–water partition coefficient (Wildman–Crippen LogP) is 1.84. The minimum absolute atomic E-state index is 0.115. The summed E-state index contributed by atoms with van der Waals surface area (Å²) < 4.78 is 0. The van der Waals surface area contributed by atoms with Gasteiger partial charge in [-0.25, -0.2) is 0 Å². The first kappa shape index (κ1) is 10.0. The lowest BCUT2D eigenvalue weighted by molar-refractivity contribution is -0.138. The number of carboxylic acid groups (broad SMARTS) is 1. The van der Waals surface area contributed by atoms with Gasteiger partial charge in [-0.1, -0.05) is 18.2 Å². The Morgan fingerprint density at radius 1 is 1.47 bits per heavy atom. The zero-order chi connectivity index (χ0) is 10.8. The van der Waals surface area contributed by atoms with Crippen LogP contribution in [0.4, 0.5) is 5.69 Å². The van der Waals surface area contributed by atoms with E-state index >= 15 is 0 Å². The first-order chi connectivity index (χ1) is 7.18. The highest BCUT2D eigenvalue weighted by molar-refractivity contribution is 5.73. The SMILES string of the molecule is CN(CC1CC1C(=O)O)c1ccccc1. The average molecular weight is 205 g/mol. The molecule has 1 N–H and O–H groups in total. The van der Waals surface area contributed by atoms with Gasteiger partial charge in [-0.05, 0) is 24.5 Å².